The van der Waals surface area contributed by atoms with Gasteiger partial charge in [-0.1, -0.05) is 0 Å². The highest BCUT2D eigenvalue weighted by atomic mass is 32.2. The molecule has 1 unspecified atom stereocenters. The lowest BCUT2D eigenvalue weighted by atomic mass is 10.5. The van der Waals surface area contributed by atoms with Crippen LogP contribution in [0.5, 0.6) is 0 Å². The zero-order valence-electron chi connectivity index (χ0n) is 10.0. The molecule has 2 N–H and O–H groups in total. The molecule has 0 rings (SSSR count). The monoisotopic (exact) mass is 269 g/mol. The summed E-state index contributed by atoms with van der Waals surface area (Å²) in [5.74, 6) is -0.797. The Balaban J connectivity index is 3.90. The van der Waals surface area contributed by atoms with E-state index in [0.29, 0.717) is 13.0 Å². The predicted molar refractivity (Wildman–Crippen MR) is 60.9 cm³/mol. The van der Waals surface area contributed by atoms with Gasteiger partial charge < -0.3 is 14.6 Å². The number of sulfonamides is 1. The lowest BCUT2D eigenvalue weighted by molar-refractivity contribution is -0.139. The van der Waals surface area contributed by atoms with Crippen LogP contribution in [0.25, 0.3) is 0 Å². The highest BCUT2D eigenvalue weighted by Crippen LogP contribution is 2.00. The molecule has 1 atom stereocenters. The molecule has 0 aromatic carbocycles. The first-order chi connectivity index (χ1) is 7.95. The van der Waals surface area contributed by atoms with Crippen LogP contribution in [0.3, 0.4) is 0 Å². The molecular weight excluding hydrogens is 250 g/mol. The van der Waals surface area contributed by atoms with Crippen molar-refractivity contribution in [3.63, 3.8) is 0 Å². The number of methoxy groups -OCH3 is 1. The summed E-state index contributed by atoms with van der Waals surface area (Å²) in [6, 6.07) is 0. The van der Waals surface area contributed by atoms with E-state index >= 15 is 0 Å². The lowest BCUT2D eigenvalue weighted by Gasteiger charge is -2.11. The number of rotatable bonds is 9. The van der Waals surface area contributed by atoms with Crippen LogP contribution >= 0.6 is 0 Å². The summed E-state index contributed by atoms with van der Waals surface area (Å²) in [6.45, 7) is 1.94. The molecule has 17 heavy (non-hydrogen) atoms. The van der Waals surface area contributed by atoms with Crippen molar-refractivity contribution in [2.45, 2.75) is 18.6 Å². The van der Waals surface area contributed by atoms with Gasteiger partial charge in [-0.15, -0.1) is 0 Å². The predicted octanol–water partition coefficient (Wildman–Crippen LogP) is -1.13. The fourth-order valence-electron chi connectivity index (χ4n) is 0.973. The Morgan fingerprint density at radius 2 is 2.06 bits per heavy atom. The molecule has 0 heterocycles. The molecule has 0 radical (unpaired) electrons. The Labute approximate surface area is 101 Å². The van der Waals surface area contributed by atoms with Gasteiger partial charge in [0.15, 0.2) is 5.25 Å². The van der Waals surface area contributed by atoms with Crippen molar-refractivity contribution >= 4 is 16.0 Å². The van der Waals surface area contributed by atoms with E-state index in [4.69, 9.17) is 9.84 Å². The lowest BCUT2D eigenvalue weighted by Crippen LogP contribution is -2.38. The second kappa shape index (κ2) is 8.40. The van der Waals surface area contributed by atoms with Gasteiger partial charge in [0, 0.05) is 13.2 Å². The highest BCUT2D eigenvalue weighted by molar-refractivity contribution is 7.90. The van der Waals surface area contributed by atoms with Crippen molar-refractivity contribution in [1.29, 1.82) is 0 Å². The molecule has 0 aliphatic heterocycles. The van der Waals surface area contributed by atoms with Gasteiger partial charge in [0.1, 0.15) is 0 Å². The fourth-order valence-corrected chi connectivity index (χ4v) is 2.00. The van der Waals surface area contributed by atoms with Gasteiger partial charge in [-0.05, 0) is 13.3 Å². The maximum atomic E-state index is 11.5. The molecule has 8 heteroatoms. The number of hydrogen-bond donors (Lipinski definition) is 2. The third-order valence-electron chi connectivity index (χ3n) is 2.00. The smallest absolute Gasteiger partial charge is 0.325 e. The summed E-state index contributed by atoms with van der Waals surface area (Å²) in [6.07, 6.45) is 0.465. The molecule has 0 fully saturated rings. The van der Waals surface area contributed by atoms with Crippen LogP contribution in [0.1, 0.15) is 13.3 Å². The Hall–Kier alpha value is -0.700. The van der Waals surface area contributed by atoms with E-state index in [1.807, 2.05) is 0 Å². The first-order valence-electron chi connectivity index (χ1n) is 5.20. The van der Waals surface area contributed by atoms with Crippen LogP contribution in [0, 0.1) is 0 Å². The molecule has 0 aliphatic rings. The molecule has 0 saturated carbocycles. The number of carbonyl (C=O) groups excluding carboxylic acids is 1. The average Bonchev–Trinajstić information content (AvgIpc) is 2.31. The van der Waals surface area contributed by atoms with Gasteiger partial charge >= 0.3 is 5.97 Å². The van der Waals surface area contributed by atoms with E-state index in [1.54, 1.807) is 0 Å². The number of aliphatic hydroxyl groups is 1. The van der Waals surface area contributed by atoms with E-state index in [0.717, 1.165) is 7.11 Å². The van der Waals surface area contributed by atoms with Gasteiger partial charge in [0.05, 0.1) is 20.3 Å². The van der Waals surface area contributed by atoms with E-state index < -0.39 is 21.2 Å². The quantitative estimate of drug-likeness (QED) is 0.405. The number of hydrogen-bond acceptors (Lipinski definition) is 6. The van der Waals surface area contributed by atoms with Gasteiger partial charge in [-0.3, -0.25) is 4.79 Å². The standard InChI is InChI=1S/C9H19NO6S/c1-8(9(12)15-2)17(13,14)10-4-3-6-16-7-5-11/h8,10-11H,3-7H2,1-2H3. The first-order valence-corrected chi connectivity index (χ1v) is 6.75. The van der Waals surface area contributed by atoms with Gasteiger partial charge in [0.25, 0.3) is 0 Å². The minimum atomic E-state index is -3.69. The molecule has 7 nitrogen and oxygen atoms in total. The Kier molecular flexibility index (Phi) is 8.05. The summed E-state index contributed by atoms with van der Waals surface area (Å²) in [5.41, 5.74) is 0. The molecule has 0 bridgehead atoms. The van der Waals surface area contributed by atoms with Crippen LogP contribution < -0.4 is 4.72 Å². The third-order valence-corrected chi connectivity index (χ3v) is 3.73. The molecule has 0 amide bonds. The van der Waals surface area contributed by atoms with Crippen LogP contribution in [0.15, 0.2) is 0 Å². The van der Waals surface area contributed by atoms with Crippen molar-refractivity contribution in [1.82, 2.24) is 4.72 Å². The maximum Gasteiger partial charge on any atom is 0.325 e. The van der Waals surface area contributed by atoms with Crippen LogP contribution in [0.2, 0.25) is 0 Å². The summed E-state index contributed by atoms with van der Waals surface area (Å²) >= 11 is 0. The van der Waals surface area contributed by atoms with E-state index in [9.17, 15) is 13.2 Å². The first kappa shape index (κ1) is 16.3. The minimum Gasteiger partial charge on any atom is -0.468 e. The molecule has 102 valence electrons. The number of nitrogens with one attached hydrogen (secondary N) is 1. The molecular formula is C9H19NO6S. The van der Waals surface area contributed by atoms with Crippen molar-refractivity contribution in [3.8, 4) is 0 Å². The zero-order valence-corrected chi connectivity index (χ0v) is 10.8. The highest BCUT2D eigenvalue weighted by Gasteiger charge is 2.27. The molecule has 0 spiro atoms. The summed E-state index contributed by atoms with van der Waals surface area (Å²) in [4.78, 5) is 11.0. The Morgan fingerprint density at radius 1 is 1.41 bits per heavy atom. The van der Waals surface area contributed by atoms with E-state index in [-0.39, 0.29) is 19.8 Å². The second-order valence-corrected chi connectivity index (χ2v) is 5.38. The van der Waals surface area contributed by atoms with E-state index in [1.165, 1.54) is 6.92 Å². The Bertz CT molecular complexity index is 315. The second-order valence-electron chi connectivity index (χ2n) is 3.29. The number of ether oxygens (including phenoxy) is 2. The summed E-state index contributed by atoms with van der Waals surface area (Å²) in [7, 11) is -2.56. The van der Waals surface area contributed by atoms with Gasteiger partial charge in [-0.25, -0.2) is 13.1 Å². The fraction of sp³-hybridized carbons (Fsp3) is 0.889. The zero-order chi connectivity index (χ0) is 13.3. The van der Waals surface area contributed by atoms with Crippen molar-refractivity contribution < 1.29 is 27.8 Å². The van der Waals surface area contributed by atoms with Crippen molar-refractivity contribution in [3.05, 3.63) is 0 Å². The van der Waals surface area contributed by atoms with Crippen molar-refractivity contribution in [2.24, 2.45) is 0 Å². The minimum absolute atomic E-state index is 0.0644. The molecule has 0 aromatic rings. The summed E-state index contributed by atoms with van der Waals surface area (Å²) in [5, 5.41) is 7.19. The third kappa shape index (κ3) is 6.57. The Morgan fingerprint density at radius 3 is 2.59 bits per heavy atom. The van der Waals surface area contributed by atoms with Crippen LogP contribution in [0.4, 0.5) is 0 Å². The SMILES string of the molecule is COC(=O)C(C)S(=O)(=O)NCCCOCCO. The summed E-state index contributed by atoms with van der Waals surface area (Å²) < 4.78 is 34.6. The van der Waals surface area contributed by atoms with E-state index in [2.05, 4.69) is 9.46 Å². The largest absolute Gasteiger partial charge is 0.468 e. The number of carbonyl (C=O) groups is 1. The average molecular weight is 269 g/mol. The van der Waals surface area contributed by atoms with Crippen molar-refractivity contribution in [2.75, 3.05) is 33.5 Å². The van der Waals surface area contributed by atoms with Gasteiger partial charge in [-0.2, -0.15) is 0 Å². The number of esters is 1. The topological polar surface area (TPSA) is 102 Å². The molecule has 0 saturated heterocycles. The normalized spacial score (nSPS) is 13.4. The molecule has 0 aromatic heterocycles. The molecule has 0 aliphatic carbocycles. The van der Waals surface area contributed by atoms with Crippen LogP contribution in [-0.4, -0.2) is 58.2 Å². The number of aliphatic hydroxyl groups excluding tert-OH is 1. The van der Waals surface area contributed by atoms with Crippen LogP contribution in [-0.2, 0) is 24.3 Å². The van der Waals surface area contributed by atoms with Gasteiger partial charge in [0.2, 0.25) is 10.0 Å². The maximum absolute atomic E-state index is 11.5.